The fraction of sp³-hybridized carbons (Fsp3) is 0.667. The summed E-state index contributed by atoms with van der Waals surface area (Å²) in [5.41, 5.74) is 1.59. The van der Waals surface area contributed by atoms with Gasteiger partial charge in [-0.1, -0.05) is 31.5 Å². The van der Waals surface area contributed by atoms with E-state index in [1.807, 2.05) is 11.8 Å². The summed E-state index contributed by atoms with van der Waals surface area (Å²) >= 11 is 2.04. The van der Waals surface area contributed by atoms with Gasteiger partial charge in [0.2, 0.25) is 0 Å². The van der Waals surface area contributed by atoms with Crippen molar-refractivity contribution in [2.24, 2.45) is 0 Å². The Morgan fingerprint density at radius 1 is 1.29 bits per heavy atom. The number of piperidine rings is 1. The average Bonchev–Trinajstić information content (AvgIpc) is 2.93. The van der Waals surface area contributed by atoms with Gasteiger partial charge >= 0.3 is 0 Å². The fourth-order valence-electron chi connectivity index (χ4n) is 3.64. The van der Waals surface area contributed by atoms with Crippen LogP contribution in [0.3, 0.4) is 0 Å². The molecule has 2 aliphatic rings. The maximum atomic E-state index is 3.63. The maximum Gasteiger partial charge on any atom is 0.0220 e. The van der Waals surface area contributed by atoms with E-state index >= 15 is 0 Å². The molecule has 0 spiro atoms. The van der Waals surface area contributed by atoms with Crippen molar-refractivity contribution in [1.82, 2.24) is 10.2 Å². The van der Waals surface area contributed by atoms with Gasteiger partial charge in [-0.25, -0.2) is 0 Å². The zero-order chi connectivity index (χ0) is 14.5. The molecule has 1 N–H and O–H groups in total. The van der Waals surface area contributed by atoms with Crippen molar-refractivity contribution >= 4 is 11.8 Å². The molecule has 2 nitrogen and oxygen atoms in total. The number of thioether (sulfide) groups is 1. The Morgan fingerprint density at radius 3 is 3.10 bits per heavy atom. The lowest BCUT2D eigenvalue weighted by molar-refractivity contribution is 0.139. The van der Waals surface area contributed by atoms with Gasteiger partial charge in [0, 0.05) is 35.7 Å². The monoisotopic (exact) mass is 304 g/mol. The molecule has 1 saturated heterocycles. The van der Waals surface area contributed by atoms with Crippen LogP contribution in [-0.2, 0) is 0 Å². The van der Waals surface area contributed by atoms with Crippen LogP contribution in [0, 0.1) is 0 Å². The van der Waals surface area contributed by atoms with Crippen LogP contribution in [0.5, 0.6) is 0 Å². The maximum absolute atomic E-state index is 3.63. The normalized spacial score (nSPS) is 26.0. The van der Waals surface area contributed by atoms with Crippen molar-refractivity contribution in [3.05, 3.63) is 29.8 Å². The van der Waals surface area contributed by atoms with Crippen LogP contribution in [-0.4, -0.2) is 42.9 Å². The molecule has 0 saturated carbocycles. The van der Waals surface area contributed by atoms with E-state index in [-0.39, 0.29) is 0 Å². The highest BCUT2D eigenvalue weighted by Crippen LogP contribution is 2.40. The Labute approximate surface area is 133 Å². The minimum absolute atomic E-state index is 0.734. The standard InChI is InChI=1S/C18H28N2S/c1-2-10-19-12-16-7-5-6-11-20(16)13-15-14-21-18-9-4-3-8-17(15)18/h3-4,8-9,15-16,19H,2,5-7,10-14H2,1H3. The largest absolute Gasteiger partial charge is 0.315 e. The molecule has 0 bridgehead atoms. The van der Waals surface area contributed by atoms with Crippen LogP contribution in [0.2, 0.25) is 0 Å². The Bertz CT molecular complexity index is 449. The summed E-state index contributed by atoms with van der Waals surface area (Å²) in [6.45, 7) is 7.13. The molecule has 2 aliphatic heterocycles. The van der Waals surface area contributed by atoms with E-state index in [2.05, 4.69) is 41.4 Å². The van der Waals surface area contributed by atoms with Gasteiger partial charge in [-0.15, -0.1) is 11.8 Å². The molecule has 1 aromatic carbocycles. The third-order valence-electron chi connectivity index (χ3n) is 4.81. The predicted octanol–water partition coefficient (Wildman–Crippen LogP) is 3.73. The van der Waals surface area contributed by atoms with Gasteiger partial charge in [0.15, 0.2) is 0 Å². The molecule has 0 aromatic heterocycles. The third-order valence-corrected chi connectivity index (χ3v) is 6.06. The summed E-state index contributed by atoms with van der Waals surface area (Å²) in [4.78, 5) is 4.28. The van der Waals surface area contributed by atoms with Gasteiger partial charge in [-0.2, -0.15) is 0 Å². The zero-order valence-corrected chi connectivity index (χ0v) is 14.0. The Hall–Kier alpha value is -0.510. The van der Waals surface area contributed by atoms with E-state index in [0.29, 0.717) is 0 Å². The second-order valence-electron chi connectivity index (χ2n) is 6.39. The number of rotatable bonds is 6. The van der Waals surface area contributed by atoms with Crippen LogP contribution < -0.4 is 5.32 Å². The Morgan fingerprint density at radius 2 is 2.19 bits per heavy atom. The van der Waals surface area contributed by atoms with Crippen LogP contribution in [0.25, 0.3) is 0 Å². The molecule has 1 fully saturated rings. The smallest absolute Gasteiger partial charge is 0.0220 e. The summed E-state index contributed by atoms with van der Waals surface area (Å²) in [6, 6.07) is 9.76. The first-order valence-electron chi connectivity index (χ1n) is 8.55. The Balaban J connectivity index is 1.60. The van der Waals surface area contributed by atoms with E-state index in [1.54, 1.807) is 5.56 Å². The van der Waals surface area contributed by atoms with E-state index < -0.39 is 0 Å². The highest BCUT2D eigenvalue weighted by molar-refractivity contribution is 7.99. The van der Waals surface area contributed by atoms with E-state index in [9.17, 15) is 0 Å². The van der Waals surface area contributed by atoms with Crippen molar-refractivity contribution in [1.29, 1.82) is 0 Å². The van der Waals surface area contributed by atoms with Crippen molar-refractivity contribution in [3.63, 3.8) is 0 Å². The molecule has 21 heavy (non-hydrogen) atoms. The lowest BCUT2D eigenvalue weighted by Gasteiger charge is -2.37. The molecule has 116 valence electrons. The lowest BCUT2D eigenvalue weighted by Crippen LogP contribution is -2.47. The quantitative estimate of drug-likeness (QED) is 0.806. The van der Waals surface area contributed by atoms with Crippen molar-refractivity contribution in [2.45, 2.75) is 49.5 Å². The zero-order valence-electron chi connectivity index (χ0n) is 13.2. The molecule has 1 aromatic rings. The van der Waals surface area contributed by atoms with E-state index in [4.69, 9.17) is 0 Å². The number of likely N-dealkylation sites (tertiary alicyclic amines) is 1. The fourth-order valence-corrected chi connectivity index (χ4v) is 4.88. The van der Waals surface area contributed by atoms with Gasteiger partial charge in [-0.3, -0.25) is 4.90 Å². The van der Waals surface area contributed by atoms with Gasteiger partial charge in [0.05, 0.1) is 0 Å². The number of fused-ring (bicyclic) bond motifs is 1. The van der Waals surface area contributed by atoms with Crippen LogP contribution in [0.4, 0.5) is 0 Å². The first kappa shape index (κ1) is 15.4. The predicted molar refractivity (Wildman–Crippen MR) is 92.3 cm³/mol. The summed E-state index contributed by atoms with van der Waals surface area (Å²) in [6.07, 6.45) is 5.40. The number of nitrogens with zero attached hydrogens (tertiary/aromatic N) is 1. The molecular weight excluding hydrogens is 276 g/mol. The summed E-state index contributed by atoms with van der Waals surface area (Å²) in [5, 5.41) is 3.63. The van der Waals surface area contributed by atoms with Crippen molar-refractivity contribution in [3.8, 4) is 0 Å². The van der Waals surface area contributed by atoms with Gasteiger partial charge in [0.25, 0.3) is 0 Å². The second-order valence-corrected chi connectivity index (χ2v) is 7.46. The molecule has 2 atom stereocenters. The number of nitrogens with one attached hydrogen (secondary N) is 1. The molecule has 3 heteroatoms. The molecular formula is C18H28N2S. The highest BCUT2D eigenvalue weighted by Gasteiger charge is 2.29. The topological polar surface area (TPSA) is 15.3 Å². The molecule has 2 unspecified atom stereocenters. The first-order chi connectivity index (χ1) is 10.4. The summed E-state index contributed by atoms with van der Waals surface area (Å²) in [7, 11) is 0. The lowest BCUT2D eigenvalue weighted by atomic mass is 9.96. The van der Waals surface area contributed by atoms with E-state index in [1.165, 1.54) is 56.0 Å². The minimum atomic E-state index is 0.734. The van der Waals surface area contributed by atoms with Crippen molar-refractivity contribution in [2.75, 3.05) is 31.9 Å². The van der Waals surface area contributed by atoms with Crippen LogP contribution >= 0.6 is 11.8 Å². The molecule has 0 aliphatic carbocycles. The van der Waals surface area contributed by atoms with Gasteiger partial charge in [0.1, 0.15) is 0 Å². The second kappa shape index (κ2) is 7.66. The highest BCUT2D eigenvalue weighted by atomic mass is 32.2. The van der Waals surface area contributed by atoms with E-state index in [0.717, 1.165) is 18.5 Å². The average molecular weight is 305 g/mol. The van der Waals surface area contributed by atoms with Gasteiger partial charge < -0.3 is 5.32 Å². The third kappa shape index (κ3) is 3.82. The molecule has 0 radical (unpaired) electrons. The SMILES string of the molecule is CCCNCC1CCCCN1CC1CSc2ccccc21. The summed E-state index contributed by atoms with van der Waals surface area (Å²) in [5.74, 6) is 2.00. The minimum Gasteiger partial charge on any atom is -0.315 e. The molecule has 0 amide bonds. The van der Waals surface area contributed by atoms with Crippen LogP contribution in [0.1, 0.15) is 44.1 Å². The Kier molecular flexibility index (Phi) is 5.61. The number of benzene rings is 1. The summed E-state index contributed by atoms with van der Waals surface area (Å²) < 4.78 is 0. The van der Waals surface area contributed by atoms with Crippen molar-refractivity contribution < 1.29 is 0 Å². The number of hydrogen-bond acceptors (Lipinski definition) is 3. The van der Waals surface area contributed by atoms with Crippen LogP contribution in [0.15, 0.2) is 29.2 Å². The molecule has 2 heterocycles. The first-order valence-corrected chi connectivity index (χ1v) is 9.53. The number of hydrogen-bond donors (Lipinski definition) is 1. The molecule has 3 rings (SSSR count). The van der Waals surface area contributed by atoms with Gasteiger partial charge in [-0.05, 0) is 44.0 Å².